The number of thioether (sulfide) groups is 1. The standard InChI is InChI=1S/C21H18N6O3S/c1-2-30-21(29)14-7-3-4-8-15(14)23-18(28)13-31-19-11-10-17-24-25-20(27(17)26-19)16-9-5-6-12-22-16/h3-12H,2,13H2,1H3,(H,23,28). The van der Waals surface area contributed by atoms with Gasteiger partial charge in [0.2, 0.25) is 11.7 Å². The van der Waals surface area contributed by atoms with Crippen LogP contribution in [0.5, 0.6) is 0 Å². The van der Waals surface area contributed by atoms with Gasteiger partial charge in [-0.2, -0.15) is 9.61 Å². The monoisotopic (exact) mass is 434 g/mol. The molecule has 0 atom stereocenters. The lowest BCUT2D eigenvalue weighted by Crippen LogP contribution is -2.17. The van der Waals surface area contributed by atoms with Crippen molar-refractivity contribution in [3.05, 3.63) is 66.4 Å². The molecule has 1 N–H and O–H groups in total. The second kappa shape index (κ2) is 9.35. The molecule has 31 heavy (non-hydrogen) atoms. The van der Waals surface area contributed by atoms with Gasteiger partial charge in [-0.05, 0) is 43.3 Å². The largest absolute Gasteiger partial charge is 0.462 e. The summed E-state index contributed by atoms with van der Waals surface area (Å²) in [7, 11) is 0. The highest BCUT2D eigenvalue weighted by Gasteiger charge is 2.15. The fourth-order valence-corrected chi connectivity index (χ4v) is 3.46. The summed E-state index contributed by atoms with van der Waals surface area (Å²) < 4.78 is 6.63. The molecule has 0 aliphatic heterocycles. The van der Waals surface area contributed by atoms with E-state index in [1.165, 1.54) is 11.8 Å². The number of amides is 1. The first kappa shape index (κ1) is 20.5. The molecule has 4 aromatic rings. The van der Waals surface area contributed by atoms with E-state index >= 15 is 0 Å². The lowest BCUT2D eigenvalue weighted by Gasteiger charge is -2.10. The van der Waals surface area contributed by atoms with Crippen LogP contribution in [0.4, 0.5) is 5.69 Å². The predicted molar refractivity (Wildman–Crippen MR) is 116 cm³/mol. The van der Waals surface area contributed by atoms with Crippen molar-refractivity contribution in [1.29, 1.82) is 0 Å². The fraction of sp³-hybridized carbons (Fsp3) is 0.143. The Balaban J connectivity index is 1.46. The quantitative estimate of drug-likeness (QED) is 0.349. The molecule has 0 fully saturated rings. The molecule has 10 heteroatoms. The van der Waals surface area contributed by atoms with Crippen molar-refractivity contribution in [1.82, 2.24) is 24.8 Å². The summed E-state index contributed by atoms with van der Waals surface area (Å²) in [6.45, 7) is 1.99. The number of nitrogens with zero attached hydrogens (tertiary/aromatic N) is 5. The Morgan fingerprint density at radius 3 is 2.71 bits per heavy atom. The molecule has 0 bridgehead atoms. The number of esters is 1. The van der Waals surface area contributed by atoms with Crippen LogP contribution in [-0.4, -0.2) is 49.0 Å². The SMILES string of the molecule is CCOC(=O)c1ccccc1NC(=O)CSc1ccc2nnc(-c3ccccn3)n2n1. The van der Waals surface area contributed by atoms with Crippen LogP contribution in [0.2, 0.25) is 0 Å². The van der Waals surface area contributed by atoms with E-state index in [0.717, 1.165) is 0 Å². The van der Waals surface area contributed by atoms with Crippen LogP contribution in [-0.2, 0) is 9.53 Å². The van der Waals surface area contributed by atoms with Crippen LogP contribution in [0, 0.1) is 0 Å². The van der Waals surface area contributed by atoms with Gasteiger partial charge in [-0.15, -0.1) is 10.2 Å². The number of hydrogen-bond acceptors (Lipinski definition) is 8. The lowest BCUT2D eigenvalue weighted by molar-refractivity contribution is -0.113. The van der Waals surface area contributed by atoms with E-state index in [9.17, 15) is 9.59 Å². The van der Waals surface area contributed by atoms with Gasteiger partial charge < -0.3 is 10.1 Å². The number of anilines is 1. The molecule has 9 nitrogen and oxygen atoms in total. The number of hydrogen-bond donors (Lipinski definition) is 1. The third kappa shape index (κ3) is 4.69. The van der Waals surface area contributed by atoms with Crippen molar-refractivity contribution in [3.63, 3.8) is 0 Å². The number of rotatable bonds is 7. The summed E-state index contributed by atoms with van der Waals surface area (Å²) in [6.07, 6.45) is 1.67. The molecule has 3 heterocycles. The molecule has 4 rings (SSSR count). The second-order valence-electron chi connectivity index (χ2n) is 6.28. The van der Waals surface area contributed by atoms with E-state index in [1.807, 2.05) is 18.2 Å². The van der Waals surface area contributed by atoms with Crippen LogP contribution in [0.3, 0.4) is 0 Å². The van der Waals surface area contributed by atoms with Gasteiger partial charge in [-0.25, -0.2) is 4.79 Å². The van der Waals surface area contributed by atoms with Crippen LogP contribution >= 0.6 is 11.8 Å². The molecule has 0 unspecified atom stereocenters. The number of nitrogens with one attached hydrogen (secondary N) is 1. The molecule has 156 valence electrons. The zero-order chi connectivity index (χ0) is 21.6. The molecule has 0 aliphatic carbocycles. The lowest BCUT2D eigenvalue weighted by atomic mass is 10.2. The van der Waals surface area contributed by atoms with Gasteiger partial charge >= 0.3 is 5.97 Å². The van der Waals surface area contributed by atoms with Gasteiger partial charge in [-0.1, -0.05) is 30.0 Å². The van der Waals surface area contributed by atoms with Crippen LogP contribution < -0.4 is 5.32 Å². The van der Waals surface area contributed by atoms with Crippen molar-refractivity contribution in [2.75, 3.05) is 17.7 Å². The highest BCUT2D eigenvalue weighted by molar-refractivity contribution is 7.99. The van der Waals surface area contributed by atoms with Gasteiger partial charge in [0.15, 0.2) is 5.65 Å². The Morgan fingerprint density at radius 1 is 1.06 bits per heavy atom. The minimum atomic E-state index is -0.479. The molecule has 3 aromatic heterocycles. The molecule has 0 aliphatic rings. The molecule has 0 saturated heterocycles. The first-order valence-corrected chi connectivity index (χ1v) is 10.5. The maximum absolute atomic E-state index is 12.5. The Bertz CT molecular complexity index is 1230. The first-order valence-electron chi connectivity index (χ1n) is 9.48. The normalized spacial score (nSPS) is 10.7. The molecule has 0 saturated carbocycles. The summed E-state index contributed by atoms with van der Waals surface area (Å²) in [5, 5.41) is 16.2. The van der Waals surface area contributed by atoms with Crippen molar-refractivity contribution in [2.24, 2.45) is 0 Å². The average molecular weight is 434 g/mol. The molecule has 1 aromatic carbocycles. The van der Waals surface area contributed by atoms with E-state index < -0.39 is 5.97 Å². The predicted octanol–water partition coefficient (Wildman–Crippen LogP) is 3.09. The van der Waals surface area contributed by atoms with Crippen LogP contribution in [0.25, 0.3) is 17.2 Å². The number of carbonyl (C=O) groups excluding carboxylic acids is 2. The number of fused-ring (bicyclic) bond motifs is 1. The van der Waals surface area contributed by atoms with E-state index in [-0.39, 0.29) is 18.3 Å². The second-order valence-corrected chi connectivity index (χ2v) is 7.28. The Labute approximate surface area is 181 Å². The third-order valence-electron chi connectivity index (χ3n) is 4.18. The maximum atomic E-state index is 12.5. The fourth-order valence-electron chi connectivity index (χ4n) is 2.81. The molecule has 1 amide bonds. The average Bonchev–Trinajstić information content (AvgIpc) is 3.22. The number of benzene rings is 1. The minimum absolute atomic E-state index is 0.108. The third-order valence-corrected chi connectivity index (χ3v) is 5.10. The first-order chi connectivity index (χ1) is 15.2. The van der Waals surface area contributed by atoms with Gasteiger partial charge in [0, 0.05) is 6.20 Å². The summed E-state index contributed by atoms with van der Waals surface area (Å²) in [5.74, 6) is -0.118. The number of ether oxygens (including phenoxy) is 1. The highest BCUT2D eigenvalue weighted by Crippen LogP contribution is 2.21. The Kier molecular flexibility index (Phi) is 6.18. The molecule has 0 radical (unpaired) electrons. The van der Waals surface area contributed by atoms with Crippen LogP contribution in [0.1, 0.15) is 17.3 Å². The Hall–Kier alpha value is -3.79. The maximum Gasteiger partial charge on any atom is 0.340 e. The number of carbonyl (C=O) groups is 2. The number of pyridine rings is 1. The summed E-state index contributed by atoms with van der Waals surface area (Å²) >= 11 is 1.26. The van der Waals surface area contributed by atoms with Crippen molar-refractivity contribution < 1.29 is 14.3 Å². The smallest absolute Gasteiger partial charge is 0.340 e. The zero-order valence-electron chi connectivity index (χ0n) is 16.6. The van der Waals surface area contributed by atoms with Gasteiger partial charge in [0.25, 0.3) is 0 Å². The number of aromatic nitrogens is 5. The summed E-state index contributed by atoms with van der Waals surface area (Å²) in [4.78, 5) is 28.8. The van der Waals surface area contributed by atoms with E-state index in [1.54, 1.807) is 54.0 Å². The van der Waals surface area contributed by atoms with E-state index in [4.69, 9.17) is 4.74 Å². The van der Waals surface area contributed by atoms with E-state index in [2.05, 4.69) is 25.6 Å². The highest BCUT2D eigenvalue weighted by atomic mass is 32.2. The summed E-state index contributed by atoms with van der Waals surface area (Å²) in [6, 6.07) is 15.8. The van der Waals surface area contributed by atoms with Gasteiger partial charge in [-0.3, -0.25) is 9.78 Å². The minimum Gasteiger partial charge on any atom is -0.462 e. The molecular weight excluding hydrogens is 416 g/mol. The van der Waals surface area contributed by atoms with E-state index in [0.29, 0.717) is 33.4 Å². The van der Waals surface area contributed by atoms with Gasteiger partial charge in [0.05, 0.1) is 23.6 Å². The van der Waals surface area contributed by atoms with Crippen molar-refractivity contribution in [2.45, 2.75) is 11.9 Å². The summed E-state index contributed by atoms with van der Waals surface area (Å²) in [5.41, 5.74) is 1.95. The number of para-hydroxylation sites is 1. The van der Waals surface area contributed by atoms with Crippen LogP contribution in [0.15, 0.2) is 65.8 Å². The van der Waals surface area contributed by atoms with Crippen molar-refractivity contribution >= 4 is 35.0 Å². The topological polar surface area (TPSA) is 111 Å². The van der Waals surface area contributed by atoms with Crippen molar-refractivity contribution in [3.8, 4) is 11.5 Å². The Morgan fingerprint density at radius 2 is 1.90 bits per heavy atom. The zero-order valence-corrected chi connectivity index (χ0v) is 17.4. The van der Waals surface area contributed by atoms with Gasteiger partial charge in [0.1, 0.15) is 10.7 Å². The molecule has 0 spiro atoms. The molecular formula is C21H18N6O3S.